The van der Waals surface area contributed by atoms with Crippen molar-refractivity contribution < 1.29 is 14.7 Å². The number of urea groups is 1. The maximum Gasteiger partial charge on any atom is 0.321 e. The Kier molecular flexibility index (Phi) is 5.47. The highest BCUT2D eigenvalue weighted by molar-refractivity contribution is 9.10. The highest BCUT2D eigenvalue weighted by atomic mass is 79.9. The van der Waals surface area contributed by atoms with Gasteiger partial charge in [0.05, 0.1) is 10.7 Å². The van der Waals surface area contributed by atoms with E-state index in [1.807, 2.05) is 0 Å². The third-order valence-corrected chi connectivity index (χ3v) is 4.25. The molecule has 1 saturated heterocycles. The molecule has 2 rings (SSSR count). The van der Waals surface area contributed by atoms with Crippen LogP contribution in [0.1, 0.15) is 19.3 Å². The Morgan fingerprint density at radius 3 is 2.90 bits per heavy atom. The molecule has 21 heavy (non-hydrogen) atoms. The van der Waals surface area contributed by atoms with Crippen LogP contribution >= 0.6 is 27.5 Å². The number of rotatable bonds is 3. The average Bonchev–Trinajstić information content (AvgIpc) is 2.41. The topological polar surface area (TPSA) is 69.6 Å². The van der Waals surface area contributed by atoms with E-state index in [1.165, 1.54) is 0 Å². The molecule has 1 aromatic rings. The fraction of sp³-hybridized carbons (Fsp3) is 0.429. The second kappa shape index (κ2) is 7.13. The number of benzene rings is 1. The van der Waals surface area contributed by atoms with E-state index in [0.717, 1.165) is 17.3 Å². The molecule has 1 atom stereocenters. The van der Waals surface area contributed by atoms with Crippen LogP contribution in [-0.4, -0.2) is 35.1 Å². The fourth-order valence-electron chi connectivity index (χ4n) is 2.45. The maximum atomic E-state index is 12.2. The van der Waals surface area contributed by atoms with Crippen molar-refractivity contribution in [3.8, 4) is 0 Å². The average molecular weight is 376 g/mol. The van der Waals surface area contributed by atoms with Gasteiger partial charge in [0.2, 0.25) is 0 Å². The molecule has 7 heteroatoms. The van der Waals surface area contributed by atoms with Gasteiger partial charge in [-0.2, -0.15) is 0 Å². The zero-order valence-electron chi connectivity index (χ0n) is 11.3. The van der Waals surface area contributed by atoms with Gasteiger partial charge in [-0.05, 0) is 37.0 Å². The molecular weight excluding hydrogens is 360 g/mol. The number of anilines is 1. The lowest BCUT2D eigenvalue weighted by Gasteiger charge is -2.32. The molecule has 1 aliphatic heterocycles. The molecule has 0 aliphatic carbocycles. The third kappa shape index (κ3) is 4.61. The Labute approximate surface area is 136 Å². The Hall–Kier alpha value is -1.27. The summed E-state index contributed by atoms with van der Waals surface area (Å²) in [6.45, 7) is 1.10. The van der Waals surface area contributed by atoms with E-state index in [-0.39, 0.29) is 18.4 Å². The molecule has 2 amide bonds. The van der Waals surface area contributed by atoms with Crippen molar-refractivity contribution in [3.63, 3.8) is 0 Å². The number of amides is 2. The summed E-state index contributed by atoms with van der Waals surface area (Å²) in [5.74, 6) is -0.805. The number of hydrogen-bond donors (Lipinski definition) is 2. The SMILES string of the molecule is O=C(O)CC1CCCN(C(=O)Nc2ccc(Br)cc2Cl)C1. The smallest absolute Gasteiger partial charge is 0.321 e. The van der Waals surface area contributed by atoms with Gasteiger partial charge in [-0.25, -0.2) is 4.79 Å². The number of piperidine rings is 1. The van der Waals surface area contributed by atoms with Crippen LogP contribution in [0, 0.1) is 5.92 Å². The number of carbonyl (C=O) groups is 2. The van der Waals surface area contributed by atoms with Crippen LogP contribution < -0.4 is 5.32 Å². The number of hydrogen-bond acceptors (Lipinski definition) is 2. The number of aliphatic carboxylic acids is 1. The monoisotopic (exact) mass is 374 g/mol. The number of nitrogens with one attached hydrogen (secondary N) is 1. The molecule has 1 aliphatic rings. The number of carboxylic acids is 1. The number of nitrogens with zero attached hydrogens (tertiary/aromatic N) is 1. The Balaban J connectivity index is 1.97. The Morgan fingerprint density at radius 1 is 1.48 bits per heavy atom. The maximum absolute atomic E-state index is 12.2. The van der Waals surface area contributed by atoms with Gasteiger partial charge in [-0.1, -0.05) is 27.5 Å². The summed E-state index contributed by atoms with van der Waals surface area (Å²) in [6.07, 6.45) is 1.76. The summed E-state index contributed by atoms with van der Waals surface area (Å²) in [7, 11) is 0. The first-order valence-corrected chi connectivity index (χ1v) is 7.85. The second-order valence-corrected chi connectivity index (χ2v) is 6.43. The molecule has 1 heterocycles. The molecule has 0 radical (unpaired) electrons. The standard InChI is InChI=1S/C14H16BrClN2O3/c15-10-3-4-12(11(16)7-10)17-14(21)18-5-1-2-9(8-18)6-13(19)20/h3-4,7,9H,1-2,5-6,8H2,(H,17,21)(H,19,20). The lowest BCUT2D eigenvalue weighted by Crippen LogP contribution is -2.42. The van der Waals surface area contributed by atoms with Crippen molar-refractivity contribution >= 4 is 45.2 Å². The van der Waals surface area contributed by atoms with Gasteiger partial charge in [0, 0.05) is 24.0 Å². The van der Waals surface area contributed by atoms with Crippen molar-refractivity contribution in [2.45, 2.75) is 19.3 Å². The lowest BCUT2D eigenvalue weighted by molar-refractivity contribution is -0.138. The largest absolute Gasteiger partial charge is 0.481 e. The highest BCUT2D eigenvalue weighted by Crippen LogP contribution is 2.26. The van der Waals surface area contributed by atoms with E-state index < -0.39 is 5.97 Å². The quantitative estimate of drug-likeness (QED) is 0.844. The zero-order chi connectivity index (χ0) is 15.4. The number of carboxylic acid groups (broad SMARTS) is 1. The van der Waals surface area contributed by atoms with Crippen molar-refractivity contribution in [2.75, 3.05) is 18.4 Å². The van der Waals surface area contributed by atoms with Crippen LogP contribution in [0.3, 0.4) is 0 Å². The fourth-order valence-corrected chi connectivity index (χ4v) is 3.17. The predicted octanol–water partition coefficient (Wildman–Crippen LogP) is 3.82. The minimum atomic E-state index is -0.821. The van der Waals surface area contributed by atoms with Gasteiger partial charge in [0.1, 0.15) is 0 Å². The third-order valence-electron chi connectivity index (χ3n) is 3.44. The second-order valence-electron chi connectivity index (χ2n) is 5.11. The molecule has 1 fully saturated rings. The van der Waals surface area contributed by atoms with E-state index in [2.05, 4.69) is 21.2 Å². The molecule has 2 N–H and O–H groups in total. The number of likely N-dealkylation sites (tertiary alicyclic amines) is 1. The highest BCUT2D eigenvalue weighted by Gasteiger charge is 2.25. The number of carbonyl (C=O) groups excluding carboxylic acids is 1. The first kappa shape index (κ1) is 16.1. The van der Waals surface area contributed by atoms with Crippen molar-refractivity contribution in [2.24, 2.45) is 5.92 Å². The van der Waals surface area contributed by atoms with Crippen LogP contribution in [0.15, 0.2) is 22.7 Å². The van der Waals surface area contributed by atoms with E-state index in [0.29, 0.717) is 23.8 Å². The molecule has 0 bridgehead atoms. The molecule has 5 nitrogen and oxygen atoms in total. The van der Waals surface area contributed by atoms with Crippen LogP contribution in [0.2, 0.25) is 5.02 Å². The normalized spacial score (nSPS) is 18.4. The van der Waals surface area contributed by atoms with Crippen LogP contribution in [-0.2, 0) is 4.79 Å². The van der Waals surface area contributed by atoms with Gasteiger partial charge >= 0.3 is 12.0 Å². The van der Waals surface area contributed by atoms with Crippen LogP contribution in [0.5, 0.6) is 0 Å². The van der Waals surface area contributed by atoms with E-state index in [1.54, 1.807) is 23.1 Å². The molecule has 1 aromatic carbocycles. The first-order valence-electron chi connectivity index (χ1n) is 6.68. The lowest BCUT2D eigenvalue weighted by atomic mass is 9.95. The molecule has 114 valence electrons. The van der Waals surface area contributed by atoms with Gasteiger partial charge in [0.25, 0.3) is 0 Å². The summed E-state index contributed by atoms with van der Waals surface area (Å²) in [4.78, 5) is 24.7. The molecule has 0 aromatic heterocycles. The summed E-state index contributed by atoms with van der Waals surface area (Å²) in [5.41, 5.74) is 0.547. The minimum absolute atomic E-state index is 0.0161. The zero-order valence-corrected chi connectivity index (χ0v) is 13.7. The predicted molar refractivity (Wildman–Crippen MR) is 84.7 cm³/mol. The van der Waals surface area contributed by atoms with E-state index >= 15 is 0 Å². The van der Waals surface area contributed by atoms with Gasteiger partial charge in [-0.15, -0.1) is 0 Å². The molecular formula is C14H16BrClN2O3. The molecule has 1 unspecified atom stereocenters. The van der Waals surface area contributed by atoms with E-state index in [4.69, 9.17) is 16.7 Å². The minimum Gasteiger partial charge on any atom is -0.481 e. The molecule has 0 spiro atoms. The van der Waals surface area contributed by atoms with Crippen LogP contribution in [0.4, 0.5) is 10.5 Å². The summed E-state index contributed by atoms with van der Waals surface area (Å²) in [6, 6.07) is 4.99. The first-order chi connectivity index (χ1) is 9.95. The van der Waals surface area contributed by atoms with Crippen molar-refractivity contribution in [1.82, 2.24) is 4.90 Å². The van der Waals surface area contributed by atoms with Gasteiger partial charge in [0.15, 0.2) is 0 Å². The molecule has 0 saturated carbocycles. The number of halogens is 2. The van der Waals surface area contributed by atoms with Gasteiger partial charge < -0.3 is 15.3 Å². The Morgan fingerprint density at radius 2 is 2.24 bits per heavy atom. The summed E-state index contributed by atoms with van der Waals surface area (Å²) < 4.78 is 0.838. The summed E-state index contributed by atoms with van der Waals surface area (Å²) >= 11 is 9.38. The summed E-state index contributed by atoms with van der Waals surface area (Å²) in [5, 5.41) is 12.1. The Bertz CT molecular complexity index is 553. The van der Waals surface area contributed by atoms with Crippen molar-refractivity contribution in [1.29, 1.82) is 0 Å². The van der Waals surface area contributed by atoms with Crippen LogP contribution in [0.25, 0.3) is 0 Å². The van der Waals surface area contributed by atoms with Gasteiger partial charge in [-0.3, -0.25) is 4.79 Å². The van der Waals surface area contributed by atoms with Crippen molar-refractivity contribution in [3.05, 3.63) is 27.7 Å². The van der Waals surface area contributed by atoms with E-state index in [9.17, 15) is 9.59 Å².